The van der Waals surface area contributed by atoms with Gasteiger partial charge in [-0.2, -0.15) is 0 Å². The van der Waals surface area contributed by atoms with Crippen molar-refractivity contribution < 1.29 is 9.18 Å². The van der Waals surface area contributed by atoms with Crippen LogP contribution >= 0.6 is 23.2 Å². The maximum absolute atomic E-state index is 13.4. The van der Waals surface area contributed by atoms with Gasteiger partial charge in [-0.3, -0.25) is 4.79 Å². The Labute approximate surface area is 114 Å². The van der Waals surface area contributed by atoms with Gasteiger partial charge in [-0.05, 0) is 36.8 Å². The number of ketones is 1. The fourth-order valence-electron chi connectivity index (χ4n) is 1.56. The summed E-state index contributed by atoms with van der Waals surface area (Å²) in [4.78, 5) is 12.1. The molecule has 0 heterocycles. The monoisotopic (exact) mass is 282 g/mol. The topological polar surface area (TPSA) is 17.1 Å². The first kappa shape index (κ1) is 13.1. The minimum absolute atomic E-state index is 0.258. The largest absolute Gasteiger partial charge is 0.289 e. The van der Waals surface area contributed by atoms with Gasteiger partial charge in [0.2, 0.25) is 0 Å². The molecule has 0 aliphatic rings. The molecular formula is C14H9Cl2FO. The molecule has 18 heavy (non-hydrogen) atoms. The number of aryl methyl sites for hydroxylation is 1. The van der Waals surface area contributed by atoms with E-state index < -0.39 is 5.82 Å². The van der Waals surface area contributed by atoms with Crippen LogP contribution in [0.4, 0.5) is 4.39 Å². The van der Waals surface area contributed by atoms with Crippen molar-refractivity contribution in [3.05, 3.63) is 69.0 Å². The lowest BCUT2D eigenvalue weighted by Crippen LogP contribution is -2.03. The van der Waals surface area contributed by atoms with E-state index in [-0.39, 0.29) is 16.4 Å². The Balaban J connectivity index is 2.44. The fraction of sp³-hybridized carbons (Fsp3) is 0.0714. The first-order valence-corrected chi connectivity index (χ1v) is 6.00. The van der Waals surface area contributed by atoms with Crippen LogP contribution < -0.4 is 0 Å². The molecule has 0 spiro atoms. The van der Waals surface area contributed by atoms with Gasteiger partial charge in [0.05, 0.1) is 5.02 Å². The van der Waals surface area contributed by atoms with Crippen LogP contribution in [0.1, 0.15) is 21.5 Å². The second kappa shape index (κ2) is 5.09. The van der Waals surface area contributed by atoms with Gasteiger partial charge >= 0.3 is 0 Å². The third-order valence-corrected chi connectivity index (χ3v) is 3.16. The molecule has 0 atom stereocenters. The third kappa shape index (κ3) is 2.55. The van der Waals surface area contributed by atoms with Crippen LogP contribution in [0.5, 0.6) is 0 Å². The molecule has 2 aromatic rings. The SMILES string of the molecule is Cc1ccc(C(=O)c2ccc(Cl)cc2Cl)cc1F. The highest BCUT2D eigenvalue weighted by Gasteiger charge is 2.14. The summed E-state index contributed by atoms with van der Waals surface area (Å²) in [6, 6.07) is 8.94. The number of hydrogen-bond acceptors (Lipinski definition) is 1. The minimum Gasteiger partial charge on any atom is -0.289 e. The molecule has 0 saturated heterocycles. The van der Waals surface area contributed by atoms with Gasteiger partial charge in [-0.25, -0.2) is 4.39 Å². The number of carbonyl (C=O) groups is 1. The van der Waals surface area contributed by atoms with Crippen molar-refractivity contribution in [3.8, 4) is 0 Å². The van der Waals surface area contributed by atoms with E-state index in [2.05, 4.69) is 0 Å². The van der Waals surface area contributed by atoms with Crippen molar-refractivity contribution in [1.82, 2.24) is 0 Å². The first-order valence-electron chi connectivity index (χ1n) is 5.25. The molecule has 0 radical (unpaired) electrons. The van der Waals surface area contributed by atoms with Gasteiger partial charge in [-0.15, -0.1) is 0 Å². The zero-order valence-corrected chi connectivity index (χ0v) is 11.0. The van der Waals surface area contributed by atoms with Gasteiger partial charge < -0.3 is 0 Å². The van der Waals surface area contributed by atoms with Crippen LogP contribution in [0.25, 0.3) is 0 Å². The van der Waals surface area contributed by atoms with Gasteiger partial charge in [0.25, 0.3) is 0 Å². The molecule has 2 aromatic carbocycles. The summed E-state index contributed by atoms with van der Waals surface area (Å²) in [6.45, 7) is 1.64. The average Bonchev–Trinajstić information content (AvgIpc) is 2.32. The van der Waals surface area contributed by atoms with Crippen LogP contribution in [-0.2, 0) is 0 Å². The van der Waals surface area contributed by atoms with Gasteiger partial charge in [-0.1, -0.05) is 35.3 Å². The molecule has 0 amide bonds. The molecule has 0 unspecified atom stereocenters. The summed E-state index contributed by atoms with van der Waals surface area (Å²) in [5.74, 6) is -0.735. The Hall–Kier alpha value is -1.38. The van der Waals surface area contributed by atoms with Crippen LogP contribution in [0.2, 0.25) is 10.0 Å². The maximum Gasteiger partial charge on any atom is 0.194 e. The van der Waals surface area contributed by atoms with Crippen molar-refractivity contribution in [3.63, 3.8) is 0 Å². The molecule has 1 nitrogen and oxygen atoms in total. The van der Waals surface area contributed by atoms with Crippen LogP contribution in [0.15, 0.2) is 36.4 Å². The van der Waals surface area contributed by atoms with E-state index in [1.54, 1.807) is 25.1 Å². The number of hydrogen-bond donors (Lipinski definition) is 0. The number of halogens is 3. The highest BCUT2D eigenvalue weighted by atomic mass is 35.5. The van der Waals surface area contributed by atoms with E-state index in [0.29, 0.717) is 16.1 Å². The van der Waals surface area contributed by atoms with E-state index in [9.17, 15) is 9.18 Å². The summed E-state index contributed by atoms with van der Waals surface area (Å²) in [5.41, 5.74) is 1.07. The lowest BCUT2D eigenvalue weighted by molar-refractivity contribution is 0.103. The summed E-state index contributed by atoms with van der Waals surface area (Å²) in [7, 11) is 0. The van der Waals surface area contributed by atoms with Crippen LogP contribution in [0.3, 0.4) is 0 Å². The lowest BCUT2D eigenvalue weighted by atomic mass is 10.0. The number of rotatable bonds is 2. The predicted molar refractivity (Wildman–Crippen MR) is 71.0 cm³/mol. The highest BCUT2D eigenvalue weighted by Crippen LogP contribution is 2.24. The van der Waals surface area contributed by atoms with E-state index in [4.69, 9.17) is 23.2 Å². The molecule has 4 heteroatoms. The summed E-state index contributed by atoms with van der Waals surface area (Å²) < 4.78 is 13.4. The third-order valence-electron chi connectivity index (χ3n) is 2.61. The highest BCUT2D eigenvalue weighted by molar-refractivity contribution is 6.37. The van der Waals surface area contributed by atoms with Crippen molar-refractivity contribution in [2.75, 3.05) is 0 Å². The van der Waals surface area contributed by atoms with E-state index in [1.807, 2.05) is 0 Å². The number of benzene rings is 2. The fourth-order valence-corrected chi connectivity index (χ4v) is 2.06. The summed E-state index contributed by atoms with van der Waals surface area (Å²) >= 11 is 11.7. The molecular weight excluding hydrogens is 274 g/mol. The average molecular weight is 283 g/mol. The Morgan fingerprint density at radius 1 is 1.11 bits per heavy atom. The quantitative estimate of drug-likeness (QED) is 0.732. The molecule has 92 valence electrons. The molecule has 0 N–H and O–H groups in total. The lowest BCUT2D eigenvalue weighted by Gasteiger charge is -2.05. The second-order valence-corrected chi connectivity index (χ2v) is 4.76. The molecule has 0 aliphatic carbocycles. The summed E-state index contributed by atoms with van der Waals surface area (Å²) in [6.07, 6.45) is 0. The zero-order chi connectivity index (χ0) is 13.3. The van der Waals surface area contributed by atoms with E-state index in [1.165, 1.54) is 18.2 Å². The molecule has 0 fully saturated rings. The Morgan fingerprint density at radius 2 is 1.83 bits per heavy atom. The first-order chi connectivity index (χ1) is 8.49. The van der Waals surface area contributed by atoms with E-state index in [0.717, 1.165) is 0 Å². The summed E-state index contributed by atoms with van der Waals surface area (Å²) in [5, 5.41) is 0.708. The van der Waals surface area contributed by atoms with E-state index >= 15 is 0 Å². The van der Waals surface area contributed by atoms with Gasteiger partial charge in [0, 0.05) is 16.1 Å². The zero-order valence-electron chi connectivity index (χ0n) is 9.51. The second-order valence-electron chi connectivity index (χ2n) is 3.92. The van der Waals surface area contributed by atoms with Crippen LogP contribution in [0, 0.1) is 12.7 Å². The van der Waals surface area contributed by atoms with Crippen molar-refractivity contribution >= 4 is 29.0 Å². The number of carbonyl (C=O) groups excluding carboxylic acids is 1. The predicted octanol–water partition coefficient (Wildman–Crippen LogP) is 4.67. The van der Waals surface area contributed by atoms with Gasteiger partial charge in [0.15, 0.2) is 5.78 Å². The molecule has 0 aliphatic heterocycles. The smallest absolute Gasteiger partial charge is 0.194 e. The normalized spacial score (nSPS) is 10.4. The standard InChI is InChI=1S/C14H9Cl2FO/c1-8-2-3-9(6-13(8)17)14(18)11-5-4-10(15)7-12(11)16/h2-7H,1H3. The molecule has 0 bridgehead atoms. The van der Waals surface area contributed by atoms with Crippen molar-refractivity contribution in [1.29, 1.82) is 0 Å². The molecule has 2 rings (SSSR count). The Morgan fingerprint density at radius 3 is 2.44 bits per heavy atom. The minimum atomic E-state index is -0.411. The Bertz CT molecular complexity index is 623. The van der Waals surface area contributed by atoms with Crippen molar-refractivity contribution in [2.45, 2.75) is 6.92 Å². The molecule has 0 saturated carbocycles. The van der Waals surface area contributed by atoms with Gasteiger partial charge in [0.1, 0.15) is 5.82 Å². The maximum atomic E-state index is 13.4. The van der Waals surface area contributed by atoms with Crippen molar-refractivity contribution in [2.24, 2.45) is 0 Å². The molecule has 0 aromatic heterocycles. The Kier molecular flexibility index (Phi) is 3.69. The van der Waals surface area contributed by atoms with Crippen LogP contribution in [-0.4, -0.2) is 5.78 Å².